The maximum absolute atomic E-state index is 12.8. The number of thiophene rings is 1. The summed E-state index contributed by atoms with van der Waals surface area (Å²) in [5, 5.41) is 6.03. The number of aromatic nitrogens is 2. The zero-order valence-corrected chi connectivity index (χ0v) is 19.5. The number of aromatic amines is 1. The van der Waals surface area contributed by atoms with Crippen molar-refractivity contribution in [3.63, 3.8) is 0 Å². The molecule has 0 spiro atoms. The van der Waals surface area contributed by atoms with Crippen molar-refractivity contribution in [2.45, 2.75) is 19.9 Å². The van der Waals surface area contributed by atoms with Crippen LogP contribution in [0.25, 0.3) is 21.5 Å². The smallest absolute Gasteiger partial charge is 0.260 e. The second-order valence-electron chi connectivity index (χ2n) is 7.20. The molecule has 0 saturated heterocycles. The van der Waals surface area contributed by atoms with Crippen LogP contribution in [0.5, 0.6) is 0 Å². The number of rotatable bonds is 8. The van der Waals surface area contributed by atoms with Gasteiger partial charge in [0.2, 0.25) is 5.91 Å². The number of carbonyl (C=O) groups excluding carboxylic acids is 1. The van der Waals surface area contributed by atoms with Gasteiger partial charge in [-0.25, -0.2) is 4.98 Å². The summed E-state index contributed by atoms with van der Waals surface area (Å²) in [4.78, 5) is 35.4. The summed E-state index contributed by atoms with van der Waals surface area (Å²) in [7, 11) is 0. The number of benzene rings is 1. The molecule has 7 nitrogen and oxygen atoms in total. The van der Waals surface area contributed by atoms with Crippen LogP contribution in [0.1, 0.15) is 19.2 Å². The van der Waals surface area contributed by atoms with E-state index >= 15 is 0 Å². The van der Waals surface area contributed by atoms with Gasteiger partial charge < -0.3 is 14.7 Å². The van der Waals surface area contributed by atoms with E-state index in [2.05, 4.69) is 15.3 Å². The number of amides is 1. The first kappa shape index (κ1) is 22.5. The molecular weight excluding hydrogens is 471 g/mol. The molecule has 10 heteroatoms. The highest BCUT2D eigenvalue weighted by Crippen LogP contribution is 2.31. The van der Waals surface area contributed by atoms with Crippen molar-refractivity contribution in [1.82, 2.24) is 14.9 Å². The average molecular weight is 491 g/mol. The van der Waals surface area contributed by atoms with E-state index in [0.29, 0.717) is 50.6 Å². The van der Waals surface area contributed by atoms with Crippen molar-refractivity contribution < 1.29 is 9.21 Å². The van der Waals surface area contributed by atoms with Crippen molar-refractivity contribution in [2.24, 2.45) is 0 Å². The Kier molecular flexibility index (Phi) is 6.95. The van der Waals surface area contributed by atoms with Crippen molar-refractivity contribution in [2.75, 3.05) is 18.4 Å². The van der Waals surface area contributed by atoms with Crippen molar-refractivity contribution in [1.29, 1.82) is 0 Å². The summed E-state index contributed by atoms with van der Waals surface area (Å²) in [6.07, 6.45) is 2.41. The Morgan fingerprint density at radius 3 is 2.88 bits per heavy atom. The Morgan fingerprint density at radius 1 is 1.31 bits per heavy atom. The fraction of sp³-hybridized carbons (Fsp3) is 0.227. The molecule has 4 rings (SSSR count). The maximum atomic E-state index is 12.8. The lowest BCUT2D eigenvalue weighted by atomic mass is 10.2. The molecule has 32 heavy (non-hydrogen) atoms. The van der Waals surface area contributed by atoms with E-state index in [0.717, 1.165) is 12.0 Å². The first-order valence-corrected chi connectivity index (χ1v) is 11.6. The first-order chi connectivity index (χ1) is 15.4. The quantitative estimate of drug-likeness (QED) is 0.344. The van der Waals surface area contributed by atoms with Crippen LogP contribution < -0.4 is 10.9 Å². The summed E-state index contributed by atoms with van der Waals surface area (Å²) in [5.74, 6) is 0.907. The Morgan fingerprint density at radius 2 is 2.16 bits per heavy atom. The zero-order valence-electron chi connectivity index (χ0n) is 17.2. The number of nitrogens with one attached hydrogen (secondary N) is 2. The van der Waals surface area contributed by atoms with Crippen molar-refractivity contribution >= 4 is 56.3 Å². The monoisotopic (exact) mass is 490 g/mol. The van der Waals surface area contributed by atoms with Gasteiger partial charge in [0.15, 0.2) is 0 Å². The molecule has 1 aromatic carbocycles. The van der Waals surface area contributed by atoms with Gasteiger partial charge >= 0.3 is 0 Å². The summed E-state index contributed by atoms with van der Waals surface area (Å²) in [6, 6.07) is 8.48. The second kappa shape index (κ2) is 9.87. The molecule has 0 aliphatic carbocycles. The molecule has 0 saturated carbocycles. The summed E-state index contributed by atoms with van der Waals surface area (Å²) in [5.41, 5.74) is 0.987. The normalized spacial score (nSPS) is 11.4. The van der Waals surface area contributed by atoms with Crippen LogP contribution in [0, 0.1) is 0 Å². The molecule has 0 fully saturated rings. The largest absolute Gasteiger partial charge is 0.464 e. The van der Waals surface area contributed by atoms with Gasteiger partial charge in [-0.1, -0.05) is 30.1 Å². The van der Waals surface area contributed by atoms with Gasteiger partial charge in [0.1, 0.15) is 16.4 Å². The van der Waals surface area contributed by atoms with Gasteiger partial charge in [0.25, 0.3) is 5.56 Å². The molecule has 0 atom stereocenters. The number of carbonyl (C=O) groups is 1. The Labute approximate surface area is 198 Å². The molecule has 0 aliphatic rings. The standard InChI is InChI=1S/C22H20Cl2N4O3S/c1-2-7-28(11-19(29)25-16-6-5-13(23)9-15(16)24)10-18-26-21(30)20-14(12-32-22(20)27-18)17-4-3-8-31-17/h3-6,8-9,12H,2,7,10-11H2,1H3,(H,25,29)(H,26,27,30). The van der Waals surface area contributed by atoms with Crippen molar-refractivity contribution in [3.05, 3.63) is 68.2 Å². The number of H-pyrrole nitrogens is 1. The lowest BCUT2D eigenvalue weighted by Gasteiger charge is -2.20. The third kappa shape index (κ3) is 5.05. The Hall–Kier alpha value is -2.65. The number of halogens is 2. The molecule has 0 aliphatic heterocycles. The van der Waals surface area contributed by atoms with Crippen LogP contribution in [0.2, 0.25) is 10.0 Å². The van der Waals surface area contributed by atoms with Crippen LogP contribution in [-0.2, 0) is 11.3 Å². The predicted octanol–water partition coefficient (Wildman–Crippen LogP) is 5.40. The van der Waals surface area contributed by atoms with E-state index in [1.807, 2.05) is 23.3 Å². The summed E-state index contributed by atoms with van der Waals surface area (Å²) in [6.45, 7) is 3.13. The van der Waals surface area contributed by atoms with Gasteiger partial charge in [-0.3, -0.25) is 14.5 Å². The van der Waals surface area contributed by atoms with Gasteiger partial charge in [0.05, 0.1) is 35.4 Å². The fourth-order valence-corrected chi connectivity index (χ4v) is 4.81. The molecule has 3 aromatic heterocycles. The Bertz CT molecular complexity index is 1300. The number of fused-ring (bicyclic) bond motifs is 1. The van der Waals surface area contributed by atoms with E-state index < -0.39 is 0 Å². The van der Waals surface area contributed by atoms with Crippen molar-refractivity contribution in [3.8, 4) is 11.3 Å². The summed E-state index contributed by atoms with van der Waals surface area (Å²) >= 11 is 13.4. The van der Waals surface area contributed by atoms with Gasteiger partial charge in [0, 0.05) is 16.0 Å². The molecule has 3 heterocycles. The number of furan rings is 1. The highest BCUT2D eigenvalue weighted by molar-refractivity contribution is 7.17. The predicted molar refractivity (Wildman–Crippen MR) is 129 cm³/mol. The maximum Gasteiger partial charge on any atom is 0.260 e. The van der Waals surface area contributed by atoms with Gasteiger partial charge in [-0.15, -0.1) is 11.3 Å². The topological polar surface area (TPSA) is 91.2 Å². The minimum absolute atomic E-state index is 0.122. The lowest BCUT2D eigenvalue weighted by molar-refractivity contribution is -0.117. The van der Waals surface area contributed by atoms with E-state index in [-0.39, 0.29) is 18.0 Å². The zero-order chi connectivity index (χ0) is 22.7. The third-order valence-corrected chi connectivity index (χ3v) is 6.19. The van der Waals surface area contributed by atoms with Crippen LogP contribution in [0.4, 0.5) is 5.69 Å². The SMILES string of the molecule is CCCN(CC(=O)Nc1ccc(Cl)cc1Cl)Cc1nc2scc(-c3ccco3)c2c(=O)[nH]1. The number of hydrogen-bond donors (Lipinski definition) is 2. The van der Waals surface area contributed by atoms with Crippen LogP contribution in [-0.4, -0.2) is 33.9 Å². The minimum Gasteiger partial charge on any atom is -0.464 e. The first-order valence-electron chi connectivity index (χ1n) is 9.96. The number of hydrogen-bond acceptors (Lipinski definition) is 6. The third-order valence-electron chi connectivity index (χ3n) is 4.77. The van der Waals surface area contributed by atoms with Gasteiger partial charge in [-0.2, -0.15) is 0 Å². The van der Waals surface area contributed by atoms with E-state index in [1.165, 1.54) is 11.3 Å². The highest BCUT2D eigenvalue weighted by Gasteiger charge is 2.17. The number of nitrogens with zero attached hydrogens (tertiary/aromatic N) is 2. The molecule has 2 N–H and O–H groups in total. The molecule has 0 radical (unpaired) electrons. The van der Waals surface area contributed by atoms with Crippen LogP contribution in [0.15, 0.2) is 51.2 Å². The molecule has 166 valence electrons. The van der Waals surface area contributed by atoms with Gasteiger partial charge in [-0.05, 0) is 43.3 Å². The van der Waals surface area contributed by atoms with Crippen LogP contribution in [0.3, 0.4) is 0 Å². The second-order valence-corrected chi connectivity index (χ2v) is 8.90. The minimum atomic E-state index is -0.230. The molecule has 1 amide bonds. The lowest BCUT2D eigenvalue weighted by Crippen LogP contribution is -2.34. The van der Waals surface area contributed by atoms with E-state index in [1.54, 1.807) is 30.5 Å². The summed E-state index contributed by atoms with van der Waals surface area (Å²) < 4.78 is 5.43. The molecular formula is C22H20Cl2N4O3S. The number of anilines is 1. The average Bonchev–Trinajstić information content (AvgIpc) is 3.40. The fourth-order valence-electron chi connectivity index (χ4n) is 3.41. The molecule has 4 aromatic rings. The molecule has 0 bridgehead atoms. The Balaban J connectivity index is 1.51. The van der Waals surface area contributed by atoms with Crippen LogP contribution >= 0.6 is 34.5 Å². The highest BCUT2D eigenvalue weighted by atomic mass is 35.5. The molecule has 0 unspecified atom stereocenters. The van der Waals surface area contributed by atoms with E-state index in [4.69, 9.17) is 27.6 Å². The van der Waals surface area contributed by atoms with E-state index in [9.17, 15) is 9.59 Å².